The van der Waals surface area contributed by atoms with Crippen molar-refractivity contribution >= 4 is 53.1 Å². The zero-order valence-corrected chi connectivity index (χ0v) is 25.3. The second-order valence-electron chi connectivity index (χ2n) is 9.86. The highest BCUT2D eigenvalue weighted by atomic mass is 35.5. The molecule has 12 nitrogen and oxygen atoms in total. The van der Waals surface area contributed by atoms with Crippen molar-refractivity contribution in [2.45, 2.75) is 25.4 Å². The Bertz CT molecular complexity index is 1770. The van der Waals surface area contributed by atoms with Gasteiger partial charge in [-0.3, -0.25) is 24.4 Å². The number of methoxy groups -OCH3 is 1. The van der Waals surface area contributed by atoms with E-state index < -0.39 is 12.0 Å². The Balaban J connectivity index is 1.31. The molecule has 5 rings (SSSR count). The number of alkyl carbamates (subject to hydrolysis) is 1. The molecule has 0 unspecified atom stereocenters. The molecule has 0 bridgehead atoms. The molecule has 0 radical (unpaired) electrons. The second-order valence-corrected chi connectivity index (χ2v) is 10.6. The Labute approximate surface area is 267 Å². The molecule has 3 amide bonds. The Morgan fingerprint density at radius 2 is 1.91 bits per heavy atom. The molecular weight excluding hydrogens is 623 g/mol. The quantitative estimate of drug-likeness (QED) is 0.199. The van der Waals surface area contributed by atoms with Crippen molar-refractivity contribution in [3.63, 3.8) is 0 Å². The number of nitrogens with one attached hydrogen (secondary N) is 3. The van der Waals surface area contributed by atoms with Gasteiger partial charge >= 0.3 is 6.09 Å². The number of carbonyl (C=O) groups excluding carboxylic acids is 4. The first-order valence-electron chi connectivity index (χ1n) is 13.7. The lowest BCUT2D eigenvalue weighted by Gasteiger charge is -2.15. The fourth-order valence-corrected chi connectivity index (χ4v) is 5.14. The SMILES string of the molecule is COc1nc(-c2ccnc(-c3cccc(NC(=O)c4ccc(C=O)cn4)c3Cl)c2Cl)ccc1CNC(=O)OC[C@@H]1CCC(=O)N1. The number of hydrogen-bond acceptors (Lipinski definition) is 9. The summed E-state index contributed by atoms with van der Waals surface area (Å²) in [5, 5.41) is 8.59. The highest BCUT2D eigenvalue weighted by molar-refractivity contribution is 6.39. The van der Waals surface area contributed by atoms with Crippen molar-refractivity contribution in [2.24, 2.45) is 0 Å². The van der Waals surface area contributed by atoms with Gasteiger partial charge in [0.1, 0.15) is 12.3 Å². The summed E-state index contributed by atoms with van der Waals surface area (Å²) in [6.45, 7) is 0.175. The van der Waals surface area contributed by atoms with E-state index in [4.69, 9.17) is 32.7 Å². The van der Waals surface area contributed by atoms with Gasteiger partial charge in [-0.15, -0.1) is 0 Å². The molecule has 4 aromatic rings. The van der Waals surface area contributed by atoms with Crippen molar-refractivity contribution in [1.82, 2.24) is 25.6 Å². The maximum absolute atomic E-state index is 12.8. The topological polar surface area (TPSA) is 162 Å². The number of rotatable bonds is 10. The summed E-state index contributed by atoms with van der Waals surface area (Å²) in [6, 6.07) is 12.9. The molecule has 45 heavy (non-hydrogen) atoms. The van der Waals surface area contributed by atoms with Gasteiger partial charge in [0.05, 0.1) is 46.8 Å². The fourth-order valence-electron chi connectivity index (χ4n) is 4.56. The van der Waals surface area contributed by atoms with E-state index in [1.165, 1.54) is 25.4 Å². The van der Waals surface area contributed by atoms with Crippen LogP contribution in [0.3, 0.4) is 0 Å². The van der Waals surface area contributed by atoms with Gasteiger partial charge in [0.15, 0.2) is 6.29 Å². The second kappa shape index (κ2) is 14.1. The van der Waals surface area contributed by atoms with E-state index in [-0.39, 0.29) is 46.7 Å². The van der Waals surface area contributed by atoms with Crippen LogP contribution in [0.15, 0.2) is 60.9 Å². The van der Waals surface area contributed by atoms with Crippen molar-refractivity contribution in [1.29, 1.82) is 0 Å². The molecule has 0 saturated carbocycles. The van der Waals surface area contributed by atoms with Gasteiger partial charge in [0, 0.05) is 41.1 Å². The number of aromatic nitrogens is 3. The minimum absolute atomic E-state index is 0.0559. The van der Waals surface area contributed by atoms with Crippen molar-refractivity contribution < 1.29 is 28.7 Å². The van der Waals surface area contributed by atoms with E-state index in [2.05, 4.69) is 30.9 Å². The van der Waals surface area contributed by atoms with Crippen molar-refractivity contribution in [2.75, 3.05) is 19.0 Å². The molecule has 3 aromatic heterocycles. The lowest BCUT2D eigenvalue weighted by molar-refractivity contribution is -0.119. The summed E-state index contributed by atoms with van der Waals surface area (Å²) in [5.41, 5.74) is 3.21. The lowest BCUT2D eigenvalue weighted by Crippen LogP contribution is -2.33. The average Bonchev–Trinajstić information content (AvgIpc) is 3.48. The number of aldehydes is 1. The van der Waals surface area contributed by atoms with E-state index in [0.29, 0.717) is 58.5 Å². The van der Waals surface area contributed by atoms with Crippen LogP contribution in [0.4, 0.5) is 10.5 Å². The molecule has 0 spiro atoms. The predicted molar refractivity (Wildman–Crippen MR) is 166 cm³/mol. The largest absolute Gasteiger partial charge is 0.481 e. The molecule has 1 aliphatic heterocycles. The van der Waals surface area contributed by atoms with E-state index in [0.717, 1.165) is 0 Å². The van der Waals surface area contributed by atoms with Gasteiger partial charge in [-0.2, -0.15) is 0 Å². The van der Waals surface area contributed by atoms with Crippen LogP contribution < -0.4 is 20.7 Å². The summed E-state index contributed by atoms with van der Waals surface area (Å²) in [5.74, 6) is -0.303. The van der Waals surface area contributed by atoms with Crippen molar-refractivity contribution in [3.8, 4) is 28.4 Å². The van der Waals surface area contributed by atoms with E-state index in [1.54, 1.807) is 42.6 Å². The highest BCUT2D eigenvalue weighted by Gasteiger charge is 2.22. The number of amides is 3. The molecule has 14 heteroatoms. The maximum Gasteiger partial charge on any atom is 0.407 e. The highest BCUT2D eigenvalue weighted by Crippen LogP contribution is 2.40. The third-order valence-electron chi connectivity index (χ3n) is 6.88. The van der Waals surface area contributed by atoms with Crippen LogP contribution in [-0.2, 0) is 16.1 Å². The predicted octanol–water partition coefficient (Wildman–Crippen LogP) is 5.09. The Morgan fingerprint density at radius 1 is 1.07 bits per heavy atom. The summed E-state index contributed by atoms with van der Waals surface area (Å²) in [4.78, 5) is 60.2. The maximum atomic E-state index is 12.8. The zero-order valence-electron chi connectivity index (χ0n) is 23.8. The number of anilines is 1. The molecular formula is C31H26Cl2N6O6. The van der Waals surface area contributed by atoms with Crippen LogP contribution in [0.1, 0.15) is 39.3 Å². The van der Waals surface area contributed by atoms with Gasteiger partial charge in [-0.1, -0.05) is 35.3 Å². The number of hydrogen-bond donors (Lipinski definition) is 3. The zero-order chi connectivity index (χ0) is 31.9. The van der Waals surface area contributed by atoms with Crippen LogP contribution in [-0.4, -0.2) is 58.9 Å². The van der Waals surface area contributed by atoms with Crippen LogP contribution in [0.2, 0.25) is 10.0 Å². The molecule has 1 fully saturated rings. The monoisotopic (exact) mass is 648 g/mol. The van der Waals surface area contributed by atoms with E-state index >= 15 is 0 Å². The number of pyridine rings is 3. The molecule has 4 heterocycles. The van der Waals surface area contributed by atoms with Crippen LogP contribution in [0, 0.1) is 0 Å². The minimum atomic E-state index is -0.633. The summed E-state index contributed by atoms with van der Waals surface area (Å²) in [6.07, 6.45) is 3.91. The normalized spacial score (nSPS) is 13.9. The van der Waals surface area contributed by atoms with Gasteiger partial charge in [-0.25, -0.2) is 9.78 Å². The average molecular weight is 649 g/mol. The number of carbonyl (C=O) groups is 4. The van der Waals surface area contributed by atoms with Crippen molar-refractivity contribution in [3.05, 3.63) is 87.8 Å². The molecule has 1 atom stereocenters. The first kappa shape index (κ1) is 31.4. The lowest BCUT2D eigenvalue weighted by atomic mass is 10.1. The van der Waals surface area contributed by atoms with Crippen LogP contribution in [0.5, 0.6) is 5.88 Å². The molecule has 1 saturated heterocycles. The summed E-state index contributed by atoms with van der Waals surface area (Å²) < 4.78 is 10.7. The smallest absolute Gasteiger partial charge is 0.407 e. The van der Waals surface area contributed by atoms with Gasteiger partial charge in [-0.05, 0) is 42.8 Å². The molecule has 230 valence electrons. The Morgan fingerprint density at radius 3 is 2.62 bits per heavy atom. The van der Waals surface area contributed by atoms with Gasteiger partial charge in [0.25, 0.3) is 5.91 Å². The third-order valence-corrected chi connectivity index (χ3v) is 7.67. The molecule has 1 aromatic carbocycles. The van der Waals surface area contributed by atoms with Gasteiger partial charge in [0.2, 0.25) is 11.8 Å². The first-order valence-corrected chi connectivity index (χ1v) is 14.4. The third kappa shape index (κ3) is 7.36. The van der Waals surface area contributed by atoms with Crippen LogP contribution in [0.25, 0.3) is 22.5 Å². The first-order chi connectivity index (χ1) is 21.8. The number of benzene rings is 1. The summed E-state index contributed by atoms with van der Waals surface area (Å²) >= 11 is 13.5. The standard InChI is InChI=1S/C31H26Cl2N6O6/c1-44-30-18(14-36-31(43)45-16-19-7-10-25(41)37-19)6-9-22(39-30)20-11-12-34-28(27(20)33)21-3-2-4-23(26(21)32)38-29(42)24-8-5-17(15-40)13-35-24/h2-6,8-9,11-13,15,19H,7,10,14,16H2,1H3,(H,36,43)(H,37,41)(H,38,42)/t19-/m0/s1. The number of nitrogens with zero attached hydrogens (tertiary/aromatic N) is 3. The van der Waals surface area contributed by atoms with E-state index in [1.807, 2.05) is 0 Å². The van der Waals surface area contributed by atoms with E-state index in [9.17, 15) is 19.2 Å². The minimum Gasteiger partial charge on any atom is -0.481 e. The fraction of sp³-hybridized carbons (Fsp3) is 0.194. The Hall–Kier alpha value is -5.07. The number of halogens is 2. The molecule has 1 aliphatic rings. The Kier molecular flexibility index (Phi) is 9.86. The number of ether oxygens (including phenoxy) is 2. The van der Waals surface area contributed by atoms with Gasteiger partial charge < -0.3 is 25.4 Å². The molecule has 3 N–H and O–H groups in total. The summed E-state index contributed by atoms with van der Waals surface area (Å²) in [7, 11) is 1.46. The van der Waals surface area contributed by atoms with Crippen LogP contribution >= 0.6 is 23.2 Å². The molecule has 0 aliphatic carbocycles.